The molecule has 0 aliphatic rings. The molecule has 0 saturated heterocycles. The first-order valence-electron chi connectivity index (χ1n) is 7.48. The minimum absolute atomic E-state index is 0.238. The Morgan fingerprint density at radius 1 is 1.04 bits per heavy atom. The molecule has 0 saturated carbocycles. The highest BCUT2D eigenvalue weighted by molar-refractivity contribution is 5.80. The topological polar surface area (TPSA) is 87.0 Å². The summed E-state index contributed by atoms with van der Waals surface area (Å²) in [6, 6.07) is 10.5. The van der Waals surface area contributed by atoms with E-state index in [1.807, 2.05) is 6.92 Å². The summed E-state index contributed by atoms with van der Waals surface area (Å²) >= 11 is 0. The molecule has 0 unspecified atom stereocenters. The van der Waals surface area contributed by atoms with Crippen LogP contribution in [0.3, 0.4) is 0 Å². The van der Waals surface area contributed by atoms with Gasteiger partial charge in [0.1, 0.15) is 5.76 Å². The number of rotatable bonds is 9. The molecular formula is C17H19NO6. The fraction of sp³-hybridized carbons (Fsp3) is 0.294. The summed E-state index contributed by atoms with van der Waals surface area (Å²) in [4.78, 5) is 23.2. The fourth-order valence-corrected chi connectivity index (χ4v) is 1.82. The van der Waals surface area contributed by atoms with E-state index in [4.69, 9.17) is 18.6 Å². The molecule has 0 radical (unpaired) electrons. The van der Waals surface area contributed by atoms with Gasteiger partial charge in [-0.1, -0.05) is 12.1 Å². The van der Waals surface area contributed by atoms with Gasteiger partial charge in [0.05, 0.1) is 19.4 Å². The predicted octanol–water partition coefficient (Wildman–Crippen LogP) is 1.92. The quantitative estimate of drug-likeness (QED) is 0.706. The maximum atomic E-state index is 11.6. The third-order valence-electron chi connectivity index (χ3n) is 2.90. The molecular weight excluding hydrogens is 314 g/mol. The highest BCUT2D eigenvalue weighted by Gasteiger charge is 2.10. The van der Waals surface area contributed by atoms with E-state index in [1.165, 1.54) is 6.26 Å². The third kappa shape index (κ3) is 5.68. The standard InChI is InChI=1S/C17H19NO6/c1-2-21-14-7-3-4-8-15(14)23-12-17(20)24-11-16(19)18-10-13-6-5-9-22-13/h3-9H,2,10-12H2,1H3,(H,18,19). The van der Waals surface area contributed by atoms with Crippen molar-refractivity contribution in [3.63, 3.8) is 0 Å². The van der Waals surface area contributed by atoms with Gasteiger partial charge < -0.3 is 23.9 Å². The van der Waals surface area contributed by atoms with Gasteiger partial charge in [0.2, 0.25) is 0 Å². The summed E-state index contributed by atoms with van der Waals surface area (Å²) < 4.78 is 20.7. The second kappa shape index (κ2) is 9.24. The van der Waals surface area contributed by atoms with Crippen LogP contribution in [0.1, 0.15) is 12.7 Å². The number of esters is 1. The molecule has 128 valence electrons. The number of carbonyl (C=O) groups is 2. The van der Waals surface area contributed by atoms with Gasteiger partial charge in [-0.05, 0) is 31.2 Å². The van der Waals surface area contributed by atoms with Crippen LogP contribution in [0.4, 0.5) is 0 Å². The van der Waals surface area contributed by atoms with Crippen LogP contribution < -0.4 is 14.8 Å². The maximum absolute atomic E-state index is 11.6. The predicted molar refractivity (Wildman–Crippen MR) is 84.6 cm³/mol. The van der Waals surface area contributed by atoms with Crippen LogP contribution in [-0.4, -0.2) is 31.7 Å². The van der Waals surface area contributed by atoms with Gasteiger partial charge in [-0.15, -0.1) is 0 Å². The highest BCUT2D eigenvalue weighted by atomic mass is 16.6. The van der Waals surface area contributed by atoms with Crippen LogP contribution in [0.15, 0.2) is 47.1 Å². The summed E-state index contributed by atoms with van der Waals surface area (Å²) in [5.74, 6) is 0.539. The molecule has 24 heavy (non-hydrogen) atoms. The molecule has 1 aromatic heterocycles. The van der Waals surface area contributed by atoms with Crippen LogP contribution in [0.5, 0.6) is 11.5 Å². The zero-order valence-corrected chi connectivity index (χ0v) is 13.3. The summed E-state index contributed by atoms with van der Waals surface area (Å²) in [5, 5.41) is 2.57. The fourth-order valence-electron chi connectivity index (χ4n) is 1.82. The molecule has 1 aromatic carbocycles. The molecule has 2 rings (SSSR count). The van der Waals surface area contributed by atoms with E-state index in [0.717, 1.165) is 0 Å². The summed E-state index contributed by atoms with van der Waals surface area (Å²) in [5.41, 5.74) is 0. The average Bonchev–Trinajstić information content (AvgIpc) is 3.11. The van der Waals surface area contributed by atoms with Crippen LogP contribution in [0, 0.1) is 0 Å². The average molecular weight is 333 g/mol. The monoisotopic (exact) mass is 333 g/mol. The van der Waals surface area contributed by atoms with E-state index >= 15 is 0 Å². The number of hydrogen-bond donors (Lipinski definition) is 1. The van der Waals surface area contributed by atoms with Crippen molar-refractivity contribution in [2.24, 2.45) is 0 Å². The molecule has 1 amide bonds. The number of carbonyl (C=O) groups excluding carboxylic acids is 2. The highest BCUT2D eigenvalue weighted by Crippen LogP contribution is 2.26. The van der Waals surface area contributed by atoms with Crippen molar-refractivity contribution >= 4 is 11.9 Å². The molecule has 1 heterocycles. The zero-order valence-electron chi connectivity index (χ0n) is 13.3. The van der Waals surface area contributed by atoms with E-state index in [-0.39, 0.29) is 19.8 Å². The minimum Gasteiger partial charge on any atom is -0.490 e. The lowest BCUT2D eigenvalue weighted by molar-refractivity contribution is -0.150. The second-order valence-corrected chi connectivity index (χ2v) is 4.69. The largest absolute Gasteiger partial charge is 0.490 e. The molecule has 0 bridgehead atoms. The SMILES string of the molecule is CCOc1ccccc1OCC(=O)OCC(=O)NCc1ccco1. The van der Waals surface area contributed by atoms with Crippen molar-refractivity contribution in [3.8, 4) is 11.5 Å². The number of nitrogens with one attached hydrogen (secondary N) is 1. The van der Waals surface area contributed by atoms with Crippen LogP contribution >= 0.6 is 0 Å². The van der Waals surface area contributed by atoms with Gasteiger partial charge in [0.15, 0.2) is 24.7 Å². The van der Waals surface area contributed by atoms with Crippen LogP contribution in [0.2, 0.25) is 0 Å². The first-order chi connectivity index (χ1) is 11.7. The Labute approximate surface area is 139 Å². The lowest BCUT2D eigenvalue weighted by Gasteiger charge is -2.11. The normalized spacial score (nSPS) is 10.0. The van der Waals surface area contributed by atoms with Crippen molar-refractivity contribution in [1.29, 1.82) is 0 Å². The lowest BCUT2D eigenvalue weighted by Crippen LogP contribution is -2.29. The number of benzene rings is 1. The Bertz CT molecular complexity index is 653. The van der Waals surface area contributed by atoms with Crippen molar-refractivity contribution in [2.75, 3.05) is 19.8 Å². The van der Waals surface area contributed by atoms with E-state index in [1.54, 1.807) is 36.4 Å². The number of furan rings is 1. The maximum Gasteiger partial charge on any atom is 0.344 e. The number of ether oxygens (including phenoxy) is 3. The van der Waals surface area contributed by atoms with Gasteiger partial charge in [-0.2, -0.15) is 0 Å². The molecule has 0 fully saturated rings. The molecule has 7 nitrogen and oxygen atoms in total. The smallest absolute Gasteiger partial charge is 0.344 e. The molecule has 1 N–H and O–H groups in total. The van der Waals surface area contributed by atoms with Gasteiger partial charge in [-0.3, -0.25) is 4.79 Å². The third-order valence-corrected chi connectivity index (χ3v) is 2.90. The van der Waals surface area contributed by atoms with Crippen LogP contribution in [0.25, 0.3) is 0 Å². The molecule has 0 aliphatic carbocycles. The first-order valence-corrected chi connectivity index (χ1v) is 7.48. The molecule has 0 atom stereocenters. The number of para-hydroxylation sites is 2. The first kappa shape index (κ1) is 17.4. The molecule has 0 spiro atoms. The zero-order chi connectivity index (χ0) is 17.2. The van der Waals surface area contributed by atoms with Crippen molar-refractivity contribution in [2.45, 2.75) is 13.5 Å². The van der Waals surface area contributed by atoms with E-state index in [2.05, 4.69) is 5.32 Å². The Balaban J connectivity index is 1.68. The van der Waals surface area contributed by atoms with Crippen molar-refractivity contribution in [3.05, 3.63) is 48.4 Å². The molecule has 0 aliphatic heterocycles. The number of amides is 1. The Morgan fingerprint density at radius 2 is 1.79 bits per heavy atom. The second-order valence-electron chi connectivity index (χ2n) is 4.69. The number of hydrogen-bond acceptors (Lipinski definition) is 6. The van der Waals surface area contributed by atoms with Gasteiger partial charge in [0, 0.05) is 0 Å². The summed E-state index contributed by atoms with van der Waals surface area (Å²) in [6.45, 7) is 1.89. The lowest BCUT2D eigenvalue weighted by atomic mass is 10.3. The Kier molecular flexibility index (Phi) is 6.70. The van der Waals surface area contributed by atoms with Gasteiger partial charge in [0.25, 0.3) is 5.91 Å². The van der Waals surface area contributed by atoms with E-state index < -0.39 is 11.9 Å². The van der Waals surface area contributed by atoms with Crippen LogP contribution in [-0.2, 0) is 20.9 Å². The van der Waals surface area contributed by atoms with E-state index in [0.29, 0.717) is 23.9 Å². The minimum atomic E-state index is -0.644. The van der Waals surface area contributed by atoms with Crippen molar-refractivity contribution in [1.82, 2.24) is 5.32 Å². The van der Waals surface area contributed by atoms with Gasteiger partial charge >= 0.3 is 5.97 Å². The Hall–Kier alpha value is -2.96. The van der Waals surface area contributed by atoms with Crippen molar-refractivity contribution < 1.29 is 28.2 Å². The van der Waals surface area contributed by atoms with E-state index in [9.17, 15) is 9.59 Å². The molecule has 2 aromatic rings. The Morgan fingerprint density at radius 3 is 2.46 bits per heavy atom. The summed E-state index contributed by atoms with van der Waals surface area (Å²) in [6.07, 6.45) is 1.51. The summed E-state index contributed by atoms with van der Waals surface area (Å²) in [7, 11) is 0. The molecule has 7 heteroatoms. The van der Waals surface area contributed by atoms with Gasteiger partial charge in [-0.25, -0.2) is 4.79 Å².